The zero-order valence-electron chi connectivity index (χ0n) is 15.2. The maximum absolute atomic E-state index is 12.3. The van der Waals surface area contributed by atoms with Crippen LogP contribution in [0.15, 0.2) is 40.2 Å². The van der Waals surface area contributed by atoms with E-state index >= 15 is 0 Å². The standard InChI is InChI=1S/C19H23NO5S/c1-4-26(22,23)14-7-8-17(25-12-13-5-6-13)15(9-14)16-11-20(2)19(21)10-18(16)24-3/h7-11,13H,4-6,12H2,1-3H3. The van der Waals surface area contributed by atoms with Crippen molar-refractivity contribution in [2.75, 3.05) is 19.5 Å². The van der Waals surface area contributed by atoms with E-state index in [0.29, 0.717) is 35.2 Å². The summed E-state index contributed by atoms with van der Waals surface area (Å²) in [6.45, 7) is 2.21. The molecule has 0 aliphatic heterocycles. The fourth-order valence-electron chi connectivity index (χ4n) is 2.68. The first-order valence-corrected chi connectivity index (χ1v) is 10.3. The van der Waals surface area contributed by atoms with Crippen molar-refractivity contribution < 1.29 is 17.9 Å². The number of benzene rings is 1. The summed E-state index contributed by atoms with van der Waals surface area (Å²) in [7, 11) is -0.244. The molecule has 0 bridgehead atoms. The molecule has 1 aromatic heterocycles. The van der Waals surface area contributed by atoms with E-state index in [9.17, 15) is 13.2 Å². The molecule has 0 spiro atoms. The minimum absolute atomic E-state index is 0.0130. The second kappa shape index (κ2) is 7.15. The topological polar surface area (TPSA) is 74.6 Å². The number of hydrogen-bond acceptors (Lipinski definition) is 5. The number of pyridine rings is 1. The lowest BCUT2D eigenvalue weighted by Gasteiger charge is -2.16. The average Bonchev–Trinajstić information content (AvgIpc) is 3.46. The highest BCUT2D eigenvalue weighted by Crippen LogP contribution is 2.38. The monoisotopic (exact) mass is 377 g/mol. The number of nitrogens with zero attached hydrogens (tertiary/aromatic N) is 1. The molecule has 6 nitrogen and oxygen atoms in total. The van der Waals surface area contributed by atoms with Crippen molar-refractivity contribution in [2.24, 2.45) is 13.0 Å². The fraction of sp³-hybridized carbons (Fsp3) is 0.421. The van der Waals surface area contributed by atoms with Crippen molar-refractivity contribution >= 4 is 9.84 Å². The van der Waals surface area contributed by atoms with Crippen molar-refractivity contribution in [3.05, 3.63) is 40.8 Å². The van der Waals surface area contributed by atoms with Gasteiger partial charge in [-0.1, -0.05) is 6.92 Å². The SMILES string of the molecule is CCS(=O)(=O)c1ccc(OCC2CC2)c(-c2cn(C)c(=O)cc2OC)c1. The number of rotatable bonds is 7. The predicted molar refractivity (Wildman–Crippen MR) is 99.6 cm³/mol. The van der Waals surface area contributed by atoms with Crippen molar-refractivity contribution in [1.82, 2.24) is 4.57 Å². The Kier molecular flexibility index (Phi) is 5.09. The van der Waals surface area contributed by atoms with Crippen molar-refractivity contribution in [3.8, 4) is 22.6 Å². The summed E-state index contributed by atoms with van der Waals surface area (Å²) in [6, 6.07) is 6.24. The van der Waals surface area contributed by atoms with Gasteiger partial charge in [-0.15, -0.1) is 0 Å². The first-order chi connectivity index (χ1) is 12.4. The number of aryl methyl sites for hydroxylation is 1. The quantitative estimate of drug-likeness (QED) is 0.742. The van der Waals surface area contributed by atoms with E-state index in [1.54, 1.807) is 38.4 Å². The third kappa shape index (κ3) is 3.77. The van der Waals surface area contributed by atoms with Crippen LogP contribution in [0.4, 0.5) is 0 Å². The first-order valence-electron chi connectivity index (χ1n) is 8.60. The van der Waals surface area contributed by atoms with Crippen molar-refractivity contribution in [3.63, 3.8) is 0 Å². The van der Waals surface area contributed by atoms with E-state index in [0.717, 1.165) is 12.8 Å². The Hall–Kier alpha value is -2.28. The summed E-state index contributed by atoms with van der Waals surface area (Å²) < 4.78 is 37.4. The molecule has 26 heavy (non-hydrogen) atoms. The van der Waals surface area contributed by atoms with Gasteiger partial charge in [0, 0.05) is 30.4 Å². The Morgan fingerprint density at radius 2 is 1.88 bits per heavy atom. The molecule has 1 fully saturated rings. The van der Waals surface area contributed by atoms with Gasteiger partial charge in [0.25, 0.3) is 5.56 Å². The molecule has 0 saturated heterocycles. The summed E-state index contributed by atoms with van der Waals surface area (Å²) in [4.78, 5) is 12.1. The van der Waals surface area contributed by atoms with Gasteiger partial charge in [-0.25, -0.2) is 8.42 Å². The van der Waals surface area contributed by atoms with Gasteiger partial charge in [0.15, 0.2) is 9.84 Å². The zero-order valence-corrected chi connectivity index (χ0v) is 16.0. The van der Waals surface area contributed by atoms with E-state index in [1.807, 2.05) is 0 Å². The maximum Gasteiger partial charge on any atom is 0.254 e. The molecule has 0 atom stereocenters. The van der Waals surface area contributed by atoms with Crippen molar-refractivity contribution in [1.29, 1.82) is 0 Å². The Bertz CT molecular complexity index is 974. The average molecular weight is 377 g/mol. The van der Waals surface area contributed by atoms with Crippen molar-refractivity contribution in [2.45, 2.75) is 24.7 Å². The van der Waals surface area contributed by atoms with E-state index in [1.165, 1.54) is 17.7 Å². The molecule has 1 aromatic carbocycles. The van der Waals surface area contributed by atoms with Gasteiger partial charge in [0.2, 0.25) is 0 Å². The van der Waals surface area contributed by atoms with E-state index < -0.39 is 9.84 Å². The molecule has 0 amide bonds. The maximum atomic E-state index is 12.3. The third-order valence-electron chi connectivity index (χ3n) is 4.56. The number of aromatic nitrogens is 1. The molecule has 1 saturated carbocycles. The molecular formula is C19H23NO5S. The summed E-state index contributed by atoms with van der Waals surface area (Å²) in [6.07, 6.45) is 3.95. The number of methoxy groups -OCH3 is 1. The van der Waals surface area contributed by atoms with Crippen LogP contribution in [-0.4, -0.2) is 32.5 Å². The van der Waals surface area contributed by atoms with Gasteiger partial charge >= 0.3 is 0 Å². The van der Waals surface area contributed by atoms with Crippen LogP contribution in [0.3, 0.4) is 0 Å². The molecule has 0 unspecified atom stereocenters. The van der Waals surface area contributed by atoms with Crippen LogP contribution in [0.2, 0.25) is 0 Å². The lowest BCUT2D eigenvalue weighted by atomic mass is 10.1. The minimum Gasteiger partial charge on any atom is -0.496 e. The molecule has 1 heterocycles. The molecule has 0 radical (unpaired) electrons. The molecule has 1 aliphatic carbocycles. The Morgan fingerprint density at radius 1 is 1.15 bits per heavy atom. The summed E-state index contributed by atoms with van der Waals surface area (Å²) in [5.41, 5.74) is 1.02. The Morgan fingerprint density at radius 3 is 2.50 bits per heavy atom. The van der Waals surface area contributed by atoms with Crippen LogP contribution in [0.5, 0.6) is 11.5 Å². The Labute approximate surface area is 153 Å². The van der Waals surface area contributed by atoms with Crippen LogP contribution in [0, 0.1) is 5.92 Å². The van der Waals surface area contributed by atoms with Crippen LogP contribution in [0.25, 0.3) is 11.1 Å². The number of hydrogen-bond donors (Lipinski definition) is 0. The smallest absolute Gasteiger partial charge is 0.254 e. The van der Waals surface area contributed by atoms with Crippen LogP contribution >= 0.6 is 0 Å². The molecule has 2 aromatic rings. The lowest BCUT2D eigenvalue weighted by Crippen LogP contribution is -2.15. The second-order valence-electron chi connectivity index (χ2n) is 6.52. The van der Waals surface area contributed by atoms with Gasteiger partial charge in [-0.05, 0) is 37.0 Å². The highest BCUT2D eigenvalue weighted by Gasteiger charge is 2.24. The Balaban J connectivity index is 2.16. The molecule has 140 valence electrons. The molecule has 1 aliphatic rings. The van der Waals surface area contributed by atoms with Gasteiger partial charge < -0.3 is 14.0 Å². The molecular weight excluding hydrogens is 354 g/mol. The largest absolute Gasteiger partial charge is 0.496 e. The van der Waals surface area contributed by atoms with E-state index in [2.05, 4.69) is 0 Å². The van der Waals surface area contributed by atoms with Crippen LogP contribution in [-0.2, 0) is 16.9 Å². The van der Waals surface area contributed by atoms with E-state index in [4.69, 9.17) is 9.47 Å². The summed E-state index contributed by atoms with van der Waals surface area (Å²) in [5.74, 6) is 1.54. The molecule has 3 rings (SSSR count). The summed E-state index contributed by atoms with van der Waals surface area (Å²) in [5, 5.41) is 0. The van der Waals surface area contributed by atoms with Gasteiger partial charge in [-0.2, -0.15) is 0 Å². The lowest BCUT2D eigenvalue weighted by molar-refractivity contribution is 0.300. The number of sulfone groups is 1. The summed E-state index contributed by atoms with van der Waals surface area (Å²) >= 11 is 0. The highest BCUT2D eigenvalue weighted by molar-refractivity contribution is 7.91. The molecule has 7 heteroatoms. The highest BCUT2D eigenvalue weighted by atomic mass is 32.2. The minimum atomic E-state index is -3.37. The zero-order chi connectivity index (χ0) is 18.9. The third-order valence-corrected chi connectivity index (χ3v) is 6.29. The normalized spacial score (nSPS) is 14.3. The van der Waals surface area contributed by atoms with Crippen LogP contribution < -0.4 is 15.0 Å². The second-order valence-corrected chi connectivity index (χ2v) is 8.80. The van der Waals surface area contributed by atoms with Crippen LogP contribution in [0.1, 0.15) is 19.8 Å². The predicted octanol–water partition coefficient (Wildman–Crippen LogP) is 2.64. The van der Waals surface area contributed by atoms with Gasteiger partial charge in [0.05, 0.1) is 24.4 Å². The fourth-order valence-corrected chi connectivity index (χ4v) is 3.59. The first kappa shape index (κ1) is 18.5. The molecule has 0 N–H and O–H groups in total. The van der Waals surface area contributed by atoms with Gasteiger partial charge in [0.1, 0.15) is 11.5 Å². The number of ether oxygens (including phenoxy) is 2. The van der Waals surface area contributed by atoms with Gasteiger partial charge in [-0.3, -0.25) is 4.79 Å². The van der Waals surface area contributed by atoms with E-state index in [-0.39, 0.29) is 16.2 Å².